The molecule has 0 aliphatic carbocycles. The van der Waals surface area contributed by atoms with Crippen molar-refractivity contribution in [3.63, 3.8) is 0 Å². The van der Waals surface area contributed by atoms with Crippen LogP contribution in [0.4, 0.5) is 0 Å². The second-order valence-corrected chi connectivity index (χ2v) is 5.25. The Balaban J connectivity index is 2.93. The fourth-order valence-corrected chi connectivity index (χ4v) is 2.35. The lowest BCUT2D eigenvalue weighted by Crippen LogP contribution is -2.40. The molecule has 1 aromatic carbocycles. The summed E-state index contributed by atoms with van der Waals surface area (Å²) < 4.78 is 5.23. The lowest BCUT2D eigenvalue weighted by atomic mass is 9.75. The fraction of sp³-hybridized carbons (Fsp3) is 0.625. The van der Waals surface area contributed by atoms with E-state index in [1.807, 2.05) is 0 Å². The van der Waals surface area contributed by atoms with Crippen molar-refractivity contribution in [2.24, 2.45) is 0 Å². The first kappa shape index (κ1) is 15.0. The van der Waals surface area contributed by atoms with Gasteiger partial charge in [0.15, 0.2) is 0 Å². The van der Waals surface area contributed by atoms with E-state index in [0.717, 1.165) is 25.1 Å². The standard InChI is InChI=1S/C16H27NO/c1-6-16(7-2,12-17-13(3)4)14-8-10-15(18-5)11-9-14/h8-11,13,17H,6-7,12H2,1-5H3. The Morgan fingerprint density at radius 1 is 1.11 bits per heavy atom. The van der Waals surface area contributed by atoms with E-state index in [1.54, 1.807) is 7.11 Å². The first-order valence-corrected chi connectivity index (χ1v) is 6.96. The monoisotopic (exact) mass is 249 g/mol. The Hall–Kier alpha value is -1.02. The van der Waals surface area contributed by atoms with Crippen LogP contribution in [0.15, 0.2) is 24.3 Å². The van der Waals surface area contributed by atoms with Crippen LogP contribution in [0.1, 0.15) is 46.1 Å². The smallest absolute Gasteiger partial charge is 0.118 e. The molecule has 0 unspecified atom stereocenters. The number of hydrogen-bond acceptors (Lipinski definition) is 2. The Morgan fingerprint density at radius 2 is 1.67 bits per heavy atom. The highest BCUT2D eigenvalue weighted by Crippen LogP contribution is 2.32. The van der Waals surface area contributed by atoms with Crippen LogP contribution in [0.2, 0.25) is 0 Å². The Labute approximate surface area is 112 Å². The Bertz CT molecular complexity index is 339. The summed E-state index contributed by atoms with van der Waals surface area (Å²) in [6, 6.07) is 9.05. The number of ether oxygens (including phenoxy) is 1. The predicted molar refractivity (Wildman–Crippen MR) is 78.4 cm³/mol. The van der Waals surface area contributed by atoms with Crippen molar-refractivity contribution in [3.8, 4) is 5.75 Å². The van der Waals surface area contributed by atoms with E-state index in [-0.39, 0.29) is 5.41 Å². The van der Waals surface area contributed by atoms with Gasteiger partial charge in [0.1, 0.15) is 5.75 Å². The highest BCUT2D eigenvalue weighted by atomic mass is 16.5. The van der Waals surface area contributed by atoms with Gasteiger partial charge in [-0.3, -0.25) is 0 Å². The largest absolute Gasteiger partial charge is 0.497 e. The summed E-state index contributed by atoms with van der Waals surface area (Å²) in [4.78, 5) is 0. The maximum absolute atomic E-state index is 5.23. The third-order valence-corrected chi connectivity index (χ3v) is 3.90. The van der Waals surface area contributed by atoms with Crippen LogP contribution in [0.25, 0.3) is 0 Å². The van der Waals surface area contributed by atoms with Crippen molar-refractivity contribution < 1.29 is 4.74 Å². The van der Waals surface area contributed by atoms with Gasteiger partial charge >= 0.3 is 0 Å². The number of benzene rings is 1. The summed E-state index contributed by atoms with van der Waals surface area (Å²) in [6.45, 7) is 9.98. The van der Waals surface area contributed by atoms with E-state index in [2.05, 4.69) is 57.3 Å². The minimum atomic E-state index is 0.233. The molecule has 0 saturated heterocycles. The first-order chi connectivity index (χ1) is 8.57. The van der Waals surface area contributed by atoms with Crippen molar-refractivity contribution >= 4 is 0 Å². The van der Waals surface area contributed by atoms with Gasteiger partial charge in [0.2, 0.25) is 0 Å². The Kier molecular flexibility index (Phi) is 5.67. The molecule has 2 nitrogen and oxygen atoms in total. The zero-order chi connectivity index (χ0) is 13.6. The molecule has 0 fully saturated rings. The second kappa shape index (κ2) is 6.79. The summed E-state index contributed by atoms with van der Waals surface area (Å²) >= 11 is 0. The molecular formula is C16H27NO. The van der Waals surface area contributed by atoms with E-state index in [0.29, 0.717) is 6.04 Å². The quantitative estimate of drug-likeness (QED) is 0.794. The lowest BCUT2D eigenvalue weighted by molar-refractivity contribution is 0.354. The molecule has 1 aromatic rings. The van der Waals surface area contributed by atoms with E-state index >= 15 is 0 Å². The maximum Gasteiger partial charge on any atom is 0.118 e. The molecule has 0 spiro atoms. The van der Waals surface area contributed by atoms with Gasteiger partial charge in [-0.15, -0.1) is 0 Å². The van der Waals surface area contributed by atoms with E-state index in [9.17, 15) is 0 Å². The Morgan fingerprint density at radius 3 is 2.06 bits per heavy atom. The van der Waals surface area contributed by atoms with Crippen molar-refractivity contribution in [2.45, 2.75) is 52.0 Å². The summed E-state index contributed by atoms with van der Waals surface area (Å²) in [5.41, 5.74) is 1.64. The average molecular weight is 249 g/mol. The maximum atomic E-state index is 5.23. The van der Waals surface area contributed by atoms with Gasteiger partial charge in [-0.25, -0.2) is 0 Å². The minimum absolute atomic E-state index is 0.233. The van der Waals surface area contributed by atoms with Crippen LogP contribution >= 0.6 is 0 Å². The van der Waals surface area contributed by atoms with Gasteiger partial charge in [-0.2, -0.15) is 0 Å². The van der Waals surface area contributed by atoms with E-state index in [4.69, 9.17) is 4.74 Å². The second-order valence-electron chi connectivity index (χ2n) is 5.25. The molecule has 0 heterocycles. The molecule has 1 rings (SSSR count). The van der Waals surface area contributed by atoms with Gasteiger partial charge in [-0.1, -0.05) is 39.8 Å². The van der Waals surface area contributed by atoms with Crippen LogP contribution in [0.5, 0.6) is 5.75 Å². The van der Waals surface area contributed by atoms with Crippen molar-refractivity contribution in [3.05, 3.63) is 29.8 Å². The van der Waals surface area contributed by atoms with Crippen molar-refractivity contribution in [1.29, 1.82) is 0 Å². The molecule has 2 heteroatoms. The van der Waals surface area contributed by atoms with Crippen LogP contribution in [0.3, 0.4) is 0 Å². The normalized spacial score (nSPS) is 11.9. The van der Waals surface area contributed by atoms with Gasteiger partial charge < -0.3 is 10.1 Å². The molecule has 0 aromatic heterocycles. The molecule has 18 heavy (non-hydrogen) atoms. The lowest BCUT2D eigenvalue weighted by Gasteiger charge is -2.33. The third kappa shape index (κ3) is 3.49. The third-order valence-electron chi connectivity index (χ3n) is 3.90. The number of nitrogens with one attached hydrogen (secondary N) is 1. The summed E-state index contributed by atoms with van der Waals surface area (Å²) in [6.07, 6.45) is 2.30. The topological polar surface area (TPSA) is 21.3 Å². The van der Waals surface area contributed by atoms with Crippen molar-refractivity contribution in [1.82, 2.24) is 5.32 Å². The number of hydrogen-bond donors (Lipinski definition) is 1. The number of rotatable bonds is 7. The molecule has 0 bridgehead atoms. The molecular weight excluding hydrogens is 222 g/mol. The molecule has 0 amide bonds. The molecule has 102 valence electrons. The van der Waals surface area contributed by atoms with Crippen molar-refractivity contribution in [2.75, 3.05) is 13.7 Å². The predicted octanol–water partition coefficient (Wildman–Crippen LogP) is 3.75. The summed E-state index contributed by atoms with van der Waals surface area (Å²) in [5.74, 6) is 0.927. The van der Waals surface area contributed by atoms with Gasteiger partial charge in [0, 0.05) is 18.0 Å². The highest BCUT2D eigenvalue weighted by molar-refractivity contribution is 5.32. The van der Waals surface area contributed by atoms with Crippen LogP contribution in [-0.4, -0.2) is 19.7 Å². The van der Waals surface area contributed by atoms with Gasteiger partial charge in [0.25, 0.3) is 0 Å². The first-order valence-electron chi connectivity index (χ1n) is 6.96. The summed E-state index contributed by atoms with van der Waals surface area (Å²) in [5, 5.41) is 3.58. The molecule has 0 atom stereocenters. The average Bonchev–Trinajstić information content (AvgIpc) is 2.41. The van der Waals surface area contributed by atoms with E-state index in [1.165, 1.54) is 5.56 Å². The molecule has 0 radical (unpaired) electrons. The molecule has 0 saturated carbocycles. The molecule has 0 aliphatic rings. The van der Waals surface area contributed by atoms with Gasteiger partial charge in [0.05, 0.1) is 7.11 Å². The zero-order valence-electron chi connectivity index (χ0n) is 12.4. The van der Waals surface area contributed by atoms with Gasteiger partial charge in [-0.05, 0) is 30.5 Å². The molecule has 1 N–H and O–H groups in total. The van der Waals surface area contributed by atoms with E-state index < -0.39 is 0 Å². The zero-order valence-corrected chi connectivity index (χ0v) is 12.4. The molecule has 0 aliphatic heterocycles. The SMILES string of the molecule is CCC(CC)(CNC(C)C)c1ccc(OC)cc1. The highest BCUT2D eigenvalue weighted by Gasteiger charge is 2.28. The van der Waals surface area contributed by atoms with Crippen LogP contribution < -0.4 is 10.1 Å². The fourth-order valence-electron chi connectivity index (χ4n) is 2.35. The minimum Gasteiger partial charge on any atom is -0.497 e. The van der Waals surface area contributed by atoms with Crippen LogP contribution in [-0.2, 0) is 5.41 Å². The number of methoxy groups -OCH3 is 1. The summed E-state index contributed by atoms with van der Waals surface area (Å²) in [7, 11) is 1.71. The van der Waals surface area contributed by atoms with Crippen LogP contribution in [0, 0.1) is 0 Å².